The molecule has 0 aliphatic rings. The van der Waals surface area contributed by atoms with Gasteiger partial charge in [-0.3, -0.25) is 0 Å². The lowest BCUT2D eigenvalue weighted by molar-refractivity contribution is 0.225. The first-order valence-electron chi connectivity index (χ1n) is 5.58. The second kappa shape index (κ2) is 6.63. The lowest BCUT2D eigenvalue weighted by atomic mass is 10.1. The van der Waals surface area contributed by atoms with Gasteiger partial charge in [0.2, 0.25) is 0 Å². The molecule has 0 fully saturated rings. The van der Waals surface area contributed by atoms with Gasteiger partial charge in [0.25, 0.3) is 0 Å². The predicted molar refractivity (Wildman–Crippen MR) is 69.8 cm³/mol. The van der Waals surface area contributed by atoms with Crippen molar-refractivity contribution in [1.29, 1.82) is 0 Å². The van der Waals surface area contributed by atoms with E-state index in [4.69, 9.17) is 8.85 Å². The van der Waals surface area contributed by atoms with E-state index in [-0.39, 0.29) is 0 Å². The molecule has 0 aliphatic heterocycles. The van der Waals surface area contributed by atoms with E-state index in [1.165, 1.54) is 0 Å². The Balaban J connectivity index is 3.02. The van der Waals surface area contributed by atoms with Crippen molar-refractivity contribution in [2.45, 2.75) is 20.8 Å². The van der Waals surface area contributed by atoms with E-state index < -0.39 is 9.28 Å². The largest absolute Gasteiger partial charge is 0.424 e. The van der Waals surface area contributed by atoms with E-state index >= 15 is 0 Å². The molecule has 0 atom stereocenters. The number of hydrogen-bond acceptors (Lipinski definition) is 2. The van der Waals surface area contributed by atoms with Crippen LogP contribution in [0.3, 0.4) is 0 Å². The first-order valence-corrected chi connectivity index (χ1v) is 6.90. The molecule has 0 saturated carbocycles. The molecule has 0 amide bonds. The van der Waals surface area contributed by atoms with Crippen LogP contribution in [0.25, 0.3) is 5.57 Å². The van der Waals surface area contributed by atoms with Crippen LogP contribution < -0.4 is 5.19 Å². The standard InChI is InChI=1S/C13H19O2Si/c1-5-14-16(15-6-2)13-10-8-7-9-12(13)11(3)4/h7-10H,3,5-6H2,1-2,4H3. The zero-order valence-corrected chi connectivity index (χ0v) is 11.2. The van der Waals surface area contributed by atoms with Gasteiger partial charge in [0, 0.05) is 18.4 Å². The van der Waals surface area contributed by atoms with Gasteiger partial charge in [-0.15, -0.1) is 0 Å². The lowest BCUT2D eigenvalue weighted by Gasteiger charge is -2.16. The first-order chi connectivity index (χ1) is 7.70. The van der Waals surface area contributed by atoms with Gasteiger partial charge in [0.15, 0.2) is 0 Å². The summed E-state index contributed by atoms with van der Waals surface area (Å²) in [5.74, 6) is 0. The Hall–Kier alpha value is -0.903. The van der Waals surface area contributed by atoms with E-state index in [1.54, 1.807) is 0 Å². The molecule has 3 heteroatoms. The van der Waals surface area contributed by atoms with Gasteiger partial charge in [-0.25, -0.2) is 0 Å². The van der Waals surface area contributed by atoms with Crippen LogP contribution in [0.5, 0.6) is 0 Å². The smallest absolute Gasteiger partial charge is 0.390 e. The summed E-state index contributed by atoms with van der Waals surface area (Å²) < 4.78 is 11.4. The minimum absolute atomic E-state index is 0.679. The van der Waals surface area contributed by atoms with Crippen LogP contribution in [0.4, 0.5) is 0 Å². The predicted octanol–water partition coefficient (Wildman–Crippen LogP) is 2.49. The maximum absolute atomic E-state index is 5.70. The fourth-order valence-electron chi connectivity index (χ4n) is 1.49. The van der Waals surface area contributed by atoms with E-state index in [9.17, 15) is 0 Å². The number of hydrogen-bond donors (Lipinski definition) is 0. The lowest BCUT2D eigenvalue weighted by Crippen LogP contribution is -2.39. The molecule has 1 aromatic rings. The fourth-order valence-corrected chi connectivity index (χ4v) is 3.16. The van der Waals surface area contributed by atoms with Crippen molar-refractivity contribution in [2.75, 3.05) is 13.2 Å². The van der Waals surface area contributed by atoms with Crippen molar-refractivity contribution in [3.63, 3.8) is 0 Å². The third kappa shape index (κ3) is 3.30. The molecule has 2 nitrogen and oxygen atoms in total. The zero-order valence-electron chi connectivity index (χ0n) is 10.2. The van der Waals surface area contributed by atoms with Gasteiger partial charge in [-0.05, 0) is 26.3 Å². The van der Waals surface area contributed by atoms with Gasteiger partial charge in [-0.1, -0.05) is 36.4 Å². The van der Waals surface area contributed by atoms with E-state index in [1.807, 2.05) is 32.9 Å². The maximum atomic E-state index is 5.70. The minimum Gasteiger partial charge on any atom is -0.390 e. The minimum atomic E-state index is -1.36. The van der Waals surface area contributed by atoms with Gasteiger partial charge < -0.3 is 8.85 Å². The van der Waals surface area contributed by atoms with Crippen LogP contribution in [-0.4, -0.2) is 22.5 Å². The van der Waals surface area contributed by atoms with Crippen molar-refractivity contribution in [1.82, 2.24) is 0 Å². The van der Waals surface area contributed by atoms with Crippen molar-refractivity contribution >= 4 is 20.0 Å². The monoisotopic (exact) mass is 235 g/mol. The Kier molecular flexibility index (Phi) is 5.45. The summed E-state index contributed by atoms with van der Waals surface area (Å²) in [4.78, 5) is 0. The molecule has 0 heterocycles. The highest BCUT2D eigenvalue weighted by atomic mass is 28.3. The summed E-state index contributed by atoms with van der Waals surface area (Å²) in [6, 6.07) is 8.18. The molecule has 0 aromatic heterocycles. The van der Waals surface area contributed by atoms with Gasteiger partial charge in [0.1, 0.15) is 0 Å². The van der Waals surface area contributed by atoms with E-state index in [2.05, 4.69) is 18.7 Å². The molecule has 0 saturated heterocycles. The Morgan fingerprint density at radius 2 is 1.75 bits per heavy atom. The summed E-state index contributed by atoms with van der Waals surface area (Å²) in [5.41, 5.74) is 2.20. The van der Waals surface area contributed by atoms with Crippen LogP contribution in [0.15, 0.2) is 30.8 Å². The Morgan fingerprint density at radius 1 is 1.19 bits per heavy atom. The summed E-state index contributed by atoms with van der Waals surface area (Å²) in [6.45, 7) is 11.3. The SMILES string of the molecule is C=C(C)c1ccccc1[Si](OCC)OCC. The molecule has 0 spiro atoms. The number of benzene rings is 1. The third-order valence-electron chi connectivity index (χ3n) is 2.16. The topological polar surface area (TPSA) is 18.5 Å². The molecule has 0 bridgehead atoms. The highest BCUT2D eigenvalue weighted by Crippen LogP contribution is 2.10. The maximum Gasteiger partial charge on any atom is 0.424 e. The second-order valence-electron chi connectivity index (χ2n) is 3.48. The molecule has 0 unspecified atom stereocenters. The highest BCUT2D eigenvalue weighted by molar-refractivity contribution is 6.62. The molecule has 16 heavy (non-hydrogen) atoms. The van der Waals surface area contributed by atoms with E-state index in [0.717, 1.165) is 16.3 Å². The van der Waals surface area contributed by atoms with Crippen LogP contribution in [-0.2, 0) is 8.85 Å². The molecule has 87 valence electrons. The quantitative estimate of drug-likeness (QED) is 0.705. The first kappa shape index (κ1) is 13.2. The Bertz CT molecular complexity index is 344. The molecule has 1 aromatic carbocycles. The van der Waals surface area contributed by atoms with Gasteiger partial charge >= 0.3 is 9.28 Å². The molecule has 0 aliphatic carbocycles. The van der Waals surface area contributed by atoms with Crippen molar-refractivity contribution < 1.29 is 8.85 Å². The molecular formula is C13H19O2Si. The molecule has 1 radical (unpaired) electrons. The van der Waals surface area contributed by atoms with Crippen LogP contribution in [0.2, 0.25) is 0 Å². The van der Waals surface area contributed by atoms with Crippen LogP contribution >= 0.6 is 0 Å². The van der Waals surface area contributed by atoms with Crippen molar-refractivity contribution in [3.05, 3.63) is 36.4 Å². The normalized spacial score (nSPS) is 10.8. The molecule has 0 N–H and O–H groups in total. The Morgan fingerprint density at radius 3 is 2.25 bits per heavy atom. The van der Waals surface area contributed by atoms with Crippen LogP contribution in [0.1, 0.15) is 26.3 Å². The number of rotatable bonds is 6. The van der Waals surface area contributed by atoms with Gasteiger partial charge in [0.05, 0.1) is 0 Å². The molecule has 1 rings (SSSR count). The summed E-state index contributed by atoms with van der Waals surface area (Å²) in [7, 11) is -1.36. The average Bonchev–Trinajstić information content (AvgIpc) is 2.29. The van der Waals surface area contributed by atoms with Crippen LogP contribution in [0, 0.1) is 0 Å². The summed E-state index contributed by atoms with van der Waals surface area (Å²) >= 11 is 0. The van der Waals surface area contributed by atoms with Crippen molar-refractivity contribution in [3.8, 4) is 0 Å². The second-order valence-corrected chi connectivity index (χ2v) is 5.17. The Labute approximate surface area is 99.7 Å². The molecular weight excluding hydrogens is 216 g/mol. The van der Waals surface area contributed by atoms with Gasteiger partial charge in [-0.2, -0.15) is 0 Å². The van der Waals surface area contributed by atoms with E-state index in [0.29, 0.717) is 13.2 Å². The van der Waals surface area contributed by atoms with Crippen molar-refractivity contribution in [2.24, 2.45) is 0 Å². The zero-order chi connectivity index (χ0) is 12.0. The average molecular weight is 235 g/mol. The summed E-state index contributed by atoms with van der Waals surface area (Å²) in [6.07, 6.45) is 0. The highest BCUT2D eigenvalue weighted by Gasteiger charge is 2.21. The summed E-state index contributed by atoms with van der Waals surface area (Å²) in [5, 5.41) is 1.16. The number of allylic oxidation sites excluding steroid dienone is 1. The third-order valence-corrected chi connectivity index (χ3v) is 4.14. The fraction of sp³-hybridized carbons (Fsp3) is 0.385.